The van der Waals surface area contributed by atoms with E-state index in [1.807, 2.05) is 214 Å². The number of thioether (sulfide) groups is 4. The van der Waals surface area contributed by atoms with Crippen molar-refractivity contribution in [2.45, 2.75) is 181 Å². The Morgan fingerprint density at radius 1 is 0.378 bits per heavy atom. The number of aryl methyl sites for hydroxylation is 2. The quantitative estimate of drug-likeness (QED) is 0.0645. The Kier molecular flexibility index (Phi) is 25.4. The van der Waals surface area contributed by atoms with E-state index in [4.69, 9.17) is 24.7 Å². The topological polar surface area (TPSA) is 242 Å². The second kappa shape index (κ2) is 34.8. The largest absolute Gasteiger partial charge is 0.497 e. The molecule has 19 nitrogen and oxygen atoms in total. The number of benzene rings is 5. The zero-order valence-electron chi connectivity index (χ0n) is 65.6. The summed E-state index contributed by atoms with van der Waals surface area (Å²) in [5.41, 5.74) is 14.6. The molecule has 2 fully saturated rings. The third kappa shape index (κ3) is 19.8. The molecule has 0 unspecified atom stereocenters. The number of aromatic nitrogens is 8. The summed E-state index contributed by atoms with van der Waals surface area (Å²) in [6.45, 7) is 24.5. The van der Waals surface area contributed by atoms with Crippen LogP contribution in [0, 0.1) is 33.5 Å². The van der Waals surface area contributed by atoms with Gasteiger partial charge < -0.3 is 19.4 Å². The number of Topliss-reactive ketones (excluding diaryl/α,β-unsaturated/α-hetero) is 4. The molecule has 0 radical (unpaired) electrons. The van der Waals surface area contributed by atoms with Gasteiger partial charge >= 0.3 is 0 Å². The van der Waals surface area contributed by atoms with Gasteiger partial charge in [0.05, 0.1) is 89.6 Å². The normalized spacial score (nSPS) is 14.7. The molecule has 576 valence electrons. The lowest BCUT2D eigenvalue weighted by atomic mass is 9.87. The number of ether oxygens (including phenoxy) is 1. The van der Waals surface area contributed by atoms with Gasteiger partial charge in [-0.25, -0.2) is 39.9 Å². The van der Waals surface area contributed by atoms with Crippen molar-refractivity contribution in [3.63, 3.8) is 0 Å². The van der Waals surface area contributed by atoms with Gasteiger partial charge in [0.25, 0.3) is 5.91 Å². The van der Waals surface area contributed by atoms with Gasteiger partial charge in [-0.3, -0.25) is 33.6 Å². The highest BCUT2D eigenvalue weighted by atomic mass is 32.2. The van der Waals surface area contributed by atoms with Crippen molar-refractivity contribution in [1.82, 2.24) is 39.9 Å². The first-order valence-corrected chi connectivity index (χ1v) is 41.9. The summed E-state index contributed by atoms with van der Waals surface area (Å²) in [5, 5.41) is 2.44. The summed E-state index contributed by atoms with van der Waals surface area (Å²) in [5.74, 6) is 3.70. The Morgan fingerprint density at radius 3 is 1.09 bits per heavy atom. The summed E-state index contributed by atoms with van der Waals surface area (Å²) >= 11 is 5.52. The van der Waals surface area contributed by atoms with Crippen LogP contribution in [0.4, 0.5) is 17.1 Å². The number of fused-ring (bicyclic) bond motifs is 12. The summed E-state index contributed by atoms with van der Waals surface area (Å²) < 4.78 is 5.31. The number of hydrogen-bond donors (Lipinski definition) is 0. The number of rotatable bonds is 16. The second-order valence-corrected chi connectivity index (χ2v) is 36.5. The van der Waals surface area contributed by atoms with Gasteiger partial charge in [-0.15, -0.1) is 0 Å². The number of hydrogen-bond acceptors (Lipinski definition) is 20. The molecule has 3 aliphatic carbocycles. The summed E-state index contributed by atoms with van der Waals surface area (Å²) in [6.07, 6.45) is 16.6. The maximum absolute atomic E-state index is 13.3. The minimum absolute atomic E-state index is 0.0528. The molecule has 6 aliphatic rings. The van der Waals surface area contributed by atoms with Crippen molar-refractivity contribution < 1.29 is 38.3 Å². The van der Waals surface area contributed by atoms with Gasteiger partial charge in [0.15, 0.2) is 20.6 Å². The SMILES string of the molecule is CC(C)(C)C(=O)CSc1ncc2c(n1)-c1ccccc1N(C(=O)C1CC1)C2.CC(C)(C)C(=O)CSc1ncc2c(n1)-c1ccccc1N(C(=O)C1CCCCC1)C2.CC(C)(C)C(=O)CSc1ncc2c(n1)-c1ccccc1N(C(=O)c1ccccc1)C2.COc1ccc2c(c1)CCc1cnc(SCC(=O)C(C)(C)C)nc1-2. The van der Waals surface area contributed by atoms with Crippen molar-refractivity contribution in [2.24, 2.45) is 33.5 Å². The highest BCUT2D eigenvalue weighted by Crippen LogP contribution is 2.45. The monoisotopic (exact) mass is 1560 g/mol. The van der Waals surface area contributed by atoms with E-state index in [1.54, 1.807) is 24.4 Å². The maximum atomic E-state index is 13.3. The van der Waals surface area contributed by atoms with Crippen molar-refractivity contribution >= 4 is 105 Å². The Balaban J connectivity index is 0.000000138. The van der Waals surface area contributed by atoms with E-state index in [0.29, 0.717) is 68.8 Å². The number of carbonyl (C=O) groups is 7. The van der Waals surface area contributed by atoms with E-state index in [2.05, 4.69) is 32.1 Å². The van der Waals surface area contributed by atoms with E-state index in [0.717, 1.165) is 136 Å². The van der Waals surface area contributed by atoms with E-state index in [-0.39, 0.29) is 74.4 Å². The molecule has 2 saturated carbocycles. The molecular formula is C88H97N11O8S4. The standard InChI is InChI=1S/C24H29N3O2S.C24H23N3O2S.C21H23N3O2S.C19H22N2O2S/c2*1-24(2,3)20(28)15-30-23-25-13-17-14-27(22(29)16-9-5-4-6-10-16)19-12-8-7-11-18(19)21(17)26-23;1-21(2,3)17(25)12-27-20-22-10-14-11-24(19(26)13-8-9-13)16-7-5-4-6-15(16)18(14)23-20;1-19(2,3)16(22)11-24-18-20-10-13-6-5-12-9-14(23-4)7-8-15(12)17(13)21-18/h7-8,11-13,16H,4-6,9-10,14-15H2,1-3H3;4-13H,14-15H2,1-3H3;4-7,10,13H,8-9,11-12H2,1-3H3;7-10H,5-6,11H2,1-4H3. The fraction of sp³-hybridized carbons (Fsp3) is 0.398. The molecule has 4 aromatic heterocycles. The Hall–Kier alpha value is -9.29. The minimum Gasteiger partial charge on any atom is -0.497 e. The van der Waals surface area contributed by atoms with Crippen LogP contribution >= 0.6 is 47.0 Å². The van der Waals surface area contributed by atoms with Gasteiger partial charge in [0.1, 0.15) is 28.9 Å². The predicted molar refractivity (Wildman–Crippen MR) is 443 cm³/mol. The van der Waals surface area contributed by atoms with Crippen LogP contribution in [0.15, 0.2) is 167 Å². The van der Waals surface area contributed by atoms with Crippen LogP contribution in [0.5, 0.6) is 5.75 Å². The van der Waals surface area contributed by atoms with Crippen molar-refractivity contribution in [2.75, 3.05) is 44.8 Å². The lowest BCUT2D eigenvalue weighted by Crippen LogP contribution is -2.38. The molecule has 0 N–H and O–H groups in total. The van der Waals surface area contributed by atoms with Crippen LogP contribution in [0.3, 0.4) is 0 Å². The molecule has 15 rings (SSSR count). The van der Waals surface area contributed by atoms with Gasteiger partial charge in [0.2, 0.25) is 11.8 Å². The summed E-state index contributed by atoms with van der Waals surface area (Å²) in [4.78, 5) is 130. The molecule has 0 spiro atoms. The number of methoxy groups -OCH3 is 1. The second-order valence-electron chi connectivity index (χ2n) is 32.7. The van der Waals surface area contributed by atoms with Gasteiger partial charge in [-0.05, 0) is 98.2 Å². The maximum Gasteiger partial charge on any atom is 0.258 e. The number of carbonyl (C=O) groups excluding carboxylic acids is 7. The Labute approximate surface area is 668 Å². The Bertz CT molecular complexity index is 5000. The lowest BCUT2D eigenvalue weighted by molar-refractivity contribution is -0.124. The van der Waals surface area contributed by atoms with Crippen LogP contribution in [-0.4, -0.2) is 111 Å². The number of amides is 3. The number of para-hydroxylation sites is 3. The van der Waals surface area contributed by atoms with Crippen molar-refractivity contribution in [1.29, 1.82) is 0 Å². The fourth-order valence-corrected chi connectivity index (χ4v) is 16.9. The average molecular weight is 1570 g/mol. The number of ketones is 4. The number of nitrogens with zero attached hydrogens (tertiary/aromatic N) is 11. The highest BCUT2D eigenvalue weighted by molar-refractivity contribution is 8.00. The van der Waals surface area contributed by atoms with Crippen molar-refractivity contribution in [3.05, 3.63) is 179 Å². The molecular weight excluding hydrogens is 1470 g/mol. The van der Waals surface area contributed by atoms with E-state index >= 15 is 0 Å². The summed E-state index contributed by atoms with van der Waals surface area (Å²) in [7, 11) is 1.68. The predicted octanol–water partition coefficient (Wildman–Crippen LogP) is 18.4. The van der Waals surface area contributed by atoms with Crippen LogP contribution in [0.2, 0.25) is 0 Å². The zero-order chi connectivity index (χ0) is 79.1. The third-order valence-electron chi connectivity index (χ3n) is 20.3. The first-order valence-electron chi connectivity index (χ1n) is 37.9. The zero-order valence-corrected chi connectivity index (χ0v) is 68.9. The first kappa shape index (κ1) is 81.2. The molecule has 0 saturated heterocycles. The lowest BCUT2D eigenvalue weighted by Gasteiger charge is -2.34. The molecule has 7 heterocycles. The highest BCUT2D eigenvalue weighted by Gasteiger charge is 2.39. The smallest absolute Gasteiger partial charge is 0.258 e. The number of anilines is 3. The molecule has 0 atom stereocenters. The van der Waals surface area contributed by atoms with Crippen LogP contribution in [-0.2, 0) is 61.2 Å². The minimum atomic E-state index is -0.383. The molecule has 5 aromatic carbocycles. The molecule has 9 aromatic rings. The van der Waals surface area contributed by atoms with Gasteiger partial charge in [-0.1, -0.05) is 222 Å². The fourth-order valence-electron chi connectivity index (χ4n) is 13.0. The van der Waals surface area contributed by atoms with Crippen molar-refractivity contribution in [3.8, 4) is 50.8 Å². The van der Waals surface area contributed by atoms with Crippen LogP contribution in [0.25, 0.3) is 45.0 Å². The third-order valence-corrected chi connectivity index (χ3v) is 23.7. The Morgan fingerprint density at radius 2 is 0.712 bits per heavy atom. The summed E-state index contributed by atoms with van der Waals surface area (Å²) in [6, 6.07) is 39.1. The van der Waals surface area contributed by atoms with E-state index in [1.165, 1.54) is 64.6 Å². The molecule has 111 heavy (non-hydrogen) atoms. The van der Waals surface area contributed by atoms with Gasteiger partial charge in [0, 0.05) is 103 Å². The van der Waals surface area contributed by atoms with E-state index in [9.17, 15) is 33.6 Å². The molecule has 3 aliphatic heterocycles. The first-order chi connectivity index (χ1) is 52.9. The molecule has 3 amide bonds. The molecule has 23 heteroatoms. The molecule has 0 bridgehead atoms. The average Bonchev–Trinajstić information content (AvgIpc) is 1.58. The van der Waals surface area contributed by atoms with Gasteiger partial charge in [-0.2, -0.15) is 0 Å². The van der Waals surface area contributed by atoms with Crippen LogP contribution in [0.1, 0.15) is 166 Å². The van der Waals surface area contributed by atoms with E-state index < -0.39 is 0 Å². The van der Waals surface area contributed by atoms with Crippen LogP contribution < -0.4 is 19.4 Å².